The lowest BCUT2D eigenvalue weighted by Crippen LogP contribution is -2.40. The van der Waals surface area contributed by atoms with Crippen LogP contribution in [-0.4, -0.2) is 103 Å². The molecule has 9 N–H and O–H groups in total. The molecule has 109 heavy (non-hydrogen) atoms. The molecule has 0 spiro atoms. The van der Waals surface area contributed by atoms with E-state index >= 15 is 0 Å². The summed E-state index contributed by atoms with van der Waals surface area (Å²) in [7, 11) is 0. The largest absolute Gasteiger partial charge is 0.354 e. The second-order valence-corrected chi connectivity index (χ2v) is 28.5. The van der Waals surface area contributed by atoms with E-state index in [0.29, 0.717) is 77.0 Å². The number of carbonyl (C=O) groups is 6. The number of amides is 6. The Bertz CT molecular complexity index is 5000. The Labute approximate surface area is 652 Å². The van der Waals surface area contributed by atoms with Crippen molar-refractivity contribution >= 4 is 136 Å². The molecule has 0 atom stereocenters. The molecule has 6 amide bonds. The number of hydrogen-bond donors (Lipinski definition) is 9. The van der Waals surface area contributed by atoms with Crippen LogP contribution in [-0.2, 0) is 0 Å². The van der Waals surface area contributed by atoms with Gasteiger partial charge < -0.3 is 47.9 Å². The molecular formula is C85H103N15O6S3. The minimum Gasteiger partial charge on any atom is -0.354 e. The minimum absolute atomic E-state index is 0. The van der Waals surface area contributed by atoms with Crippen LogP contribution in [0.2, 0.25) is 0 Å². The fourth-order valence-electron chi connectivity index (χ4n) is 10.8. The highest BCUT2D eigenvalue weighted by molar-refractivity contribution is 7.14. The summed E-state index contributed by atoms with van der Waals surface area (Å²) in [5.41, 5.74) is 11.6. The normalized spacial score (nSPS) is 10.6. The molecule has 572 valence electrons. The maximum absolute atomic E-state index is 13.2. The number of unbranched alkanes of at least 4 members (excludes halogenated alkanes) is 3. The topological polar surface area (TPSA) is 288 Å². The van der Waals surface area contributed by atoms with E-state index in [1.54, 1.807) is 34.7 Å². The summed E-state index contributed by atoms with van der Waals surface area (Å²) in [5, 5.41) is 37.7. The number of thiazole rings is 3. The molecule has 0 radical (unpaired) electrons. The fourth-order valence-corrected chi connectivity index (χ4v) is 13.2. The molecule has 0 aliphatic carbocycles. The number of fused-ring (bicyclic) bond motifs is 3. The van der Waals surface area contributed by atoms with Crippen LogP contribution < -0.4 is 47.9 Å². The SMILES string of the molecule is C.C.C.C.CCCCNC(=O)c1csc(-c2ccc3ncc(C(=O)NC(C)(C)C)c(Nc4ccccc4)c3c2)n1.CCCCNC(=O)c1csc(-c2ccc3ncc(C(=O)NC(C)C)c(Nc4ccccc4)c3c2)n1.CCCCNC(=O)c1csc(-c2ccc3ncc(C(=O)NCC)c(Nc4ccccc4)c3c2)n1. The summed E-state index contributed by atoms with van der Waals surface area (Å²) < 4.78 is 0. The third kappa shape index (κ3) is 23.3. The van der Waals surface area contributed by atoms with Crippen molar-refractivity contribution in [3.05, 3.63) is 214 Å². The lowest BCUT2D eigenvalue weighted by Gasteiger charge is -2.22. The third-order valence-electron chi connectivity index (χ3n) is 16.1. The van der Waals surface area contributed by atoms with Gasteiger partial charge in [0.2, 0.25) is 0 Å². The number of aromatic nitrogens is 6. The highest BCUT2D eigenvalue weighted by Gasteiger charge is 2.24. The van der Waals surface area contributed by atoms with Crippen LogP contribution in [0.4, 0.5) is 34.1 Å². The molecule has 6 aromatic heterocycles. The molecule has 0 unspecified atom stereocenters. The zero-order chi connectivity index (χ0) is 74.4. The molecule has 6 heterocycles. The fraction of sp³-hybridized carbons (Fsp3) is 0.294. The number of anilines is 6. The Morgan fingerprint density at radius 3 is 1.00 bits per heavy atom. The maximum atomic E-state index is 13.2. The Kier molecular flexibility index (Phi) is 33.1. The lowest BCUT2D eigenvalue weighted by molar-refractivity contribution is 0.0914. The van der Waals surface area contributed by atoms with E-state index in [2.05, 4.69) is 98.5 Å². The van der Waals surface area contributed by atoms with Gasteiger partial charge in [0.05, 0.1) is 50.3 Å². The molecule has 0 aliphatic heterocycles. The van der Waals surface area contributed by atoms with Crippen molar-refractivity contribution in [2.75, 3.05) is 42.1 Å². The van der Waals surface area contributed by atoms with Gasteiger partial charge in [-0.2, -0.15) is 0 Å². The van der Waals surface area contributed by atoms with Gasteiger partial charge >= 0.3 is 0 Å². The van der Waals surface area contributed by atoms with E-state index in [1.807, 2.05) is 187 Å². The van der Waals surface area contributed by atoms with E-state index in [9.17, 15) is 28.8 Å². The van der Waals surface area contributed by atoms with Crippen LogP contribution >= 0.6 is 34.0 Å². The Hall–Kier alpha value is -11.3. The van der Waals surface area contributed by atoms with Crippen molar-refractivity contribution in [2.45, 2.75) is 142 Å². The van der Waals surface area contributed by atoms with Gasteiger partial charge in [-0.05, 0) is 152 Å². The summed E-state index contributed by atoms with van der Waals surface area (Å²) in [6.07, 6.45) is 10.7. The smallest absolute Gasteiger partial charge is 0.270 e. The number of para-hydroxylation sites is 3. The predicted molar refractivity (Wildman–Crippen MR) is 454 cm³/mol. The Morgan fingerprint density at radius 1 is 0.394 bits per heavy atom. The number of benzene rings is 6. The third-order valence-corrected chi connectivity index (χ3v) is 18.8. The van der Waals surface area contributed by atoms with Gasteiger partial charge in [-0.25, -0.2) is 15.0 Å². The Morgan fingerprint density at radius 2 is 0.706 bits per heavy atom. The monoisotopic (exact) mass is 1530 g/mol. The number of carbonyl (C=O) groups excluding carboxylic acids is 6. The van der Waals surface area contributed by atoms with Crippen LogP contribution in [0.5, 0.6) is 0 Å². The number of hydrogen-bond acceptors (Lipinski definition) is 18. The molecule has 0 saturated carbocycles. The maximum Gasteiger partial charge on any atom is 0.270 e. The highest BCUT2D eigenvalue weighted by atomic mass is 32.1. The molecule has 21 nitrogen and oxygen atoms in total. The van der Waals surface area contributed by atoms with E-state index in [0.717, 1.165) is 120 Å². The van der Waals surface area contributed by atoms with E-state index < -0.39 is 5.54 Å². The van der Waals surface area contributed by atoms with Crippen molar-refractivity contribution in [1.29, 1.82) is 0 Å². The van der Waals surface area contributed by atoms with Crippen LogP contribution in [0, 0.1) is 0 Å². The van der Waals surface area contributed by atoms with Gasteiger partial charge in [-0.15, -0.1) is 34.0 Å². The van der Waals surface area contributed by atoms with Gasteiger partial charge in [-0.3, -0.25) is 43.7 Å². The average Bonchev–Trinajstić information content (AvgIpc) is 1.62. The predicted octanol–water partition coefficient (Wildman–Crippen LogP) is 19.9. The van der Waals surface area contributed by atoms with Crippen LogP contribution in [0.3, 0.4) is 0 Å². The number of nitrogens with zero attached hydrogens (tertiary/aromatic N) is 6. The molecular weight excluding hydrogens is 1420 g/mol. The summed E-state index contributed by atoms with van der Waals surface area (Å²) in [5.74, 6) is -1.09. The zero-order valence-corrected chi connectivity index (χ0v) is 62.8. The molecule has 0 fully saturated rings. The first-order valence-corrected chi connectivity index (χ1v) is 37.8. The molecule has 0 bridgehead atoms. The summed E-state index contributed by atoms with van der Waals surface area (Å²) in [6.45, 7) is 20.2. The van der Waals surface area contributed by atoms with Crippen molar-refractivity contribution in [1.82, 2.24) is 61.8 Å². The molecule has 24 heteroatoms. The van der Waals surface area contributed by atoms with E-state index in [4.69, 9.17) is 0 Å². The van der Waals surface area contributed by atoms with E-state index in [-0.39, 0.29) is 71.2 Å². The first-order chi connectivity index (χ1) is 50.8. The first-order valence-electron chi connectivity index (χ1n) is 35.2. The molecule has 6 aromatic carbocycles. The van der Waals surface area contributed by atoms with Gasteiger partial charge in [0, 0.05) is 122 Å². The van der Waals surface area contributed by atoms with Crippen LogP contribution in [0.15, 0.2) is 180 Å². The summed E-state index contributed by atoms with van der Waals surface area (Å²) in [4.78, 5) is 104. The van der Waals surface area contributed by atoms with Crippen molar-refractivity contribution < 1.29 is 28.8 Å². The van der Waals surface area contributed by atoms with Gasteiger partial charge in [0.1, 0.15) is 32.1 Å². The highest BCUT2D eigenvalue weighted by Crippen LogP contribution is 2.38. The number of rotatable bonds is 26. The van der Waals surface area contributed by atoms with Gasteiger partial charge in [0.15, 0.2) is 0 Å². The van der Waals surface area contributed by atoms with Crippen LogP contribution in [0.25, 0.3) is 64.4 Å². The quantitative estimate of drug-likeness (QED) is 0.0228. The summed E-state index contributed by atoms with van der Waals surface area (Å²) >= 11 is 4.25. The molecule has 12 aromatic rings. The number of nitrogens with one attached hydrogen (secondary N) is 9. The molecule has 0 aliphatic rings. The van der Waals surface area contributed by atoms with Crippen LogP contribution in [0.1, 0.15) is 193 Å². The minimum atomic E-state index is -0.396. The lowest BCUT2D eigenvalue weighted by atomic mass is 10.0. The van der Waals surface area contributed by atoms with Gasteiger partial charge in [0.25, 0.3) is 35.4 Å². The van der Waals surface area contributed by atoms with Crippen molar-refractivity contribution in [2.24, 2.45) is 0 Å². The summed E-state index contributed by atoms with van der Waals surface area (Å²) in [6, 6.07) is 46.6. The second kappa shape index (κ2) is 41.7. The average molecular weight is 1530 g/mol. The molecule has 0 saturated heterocycles. The van der Waals surface area contributed by atoms with Crippen molar-refractivity contribution in [3.8, 4) is 31.7 Å². The molecule has 12 rings (SSSR count). The zero-order valence-electron chi connectivity index (χ0n) is 60.3. The van der Waals surface area contributed by atoms with Gasteiger partial charge in [-0.1, -0.05) is 124 Å². The van der Waals surface area contributed by atoms with E-state index in [1.165, 1.54) is 34.0 Å². The second-order valence-electron chi connectivity index (χ2n) is 25.9. The number of pyridine rings is 3. The Balaban J connectivity index is 0.000000251. The first kappa shape index (κ1) is 86.6. The standard InChI is InChI=1S/C28H31N5O2S.C27H29N5O2S.C26H27N5O2S.4CH4/c1-5-6-14-29-26(35)23-17-36-27(32-23)18-12-13-22-20(15-18)24(31-19-10-8-7-9-11-19)21(16-30-22)25(34)33-28(2,3)4;1-4-5-13-28-26(34)23-16-35-27(32-23)18-11-12-22-20(14-18)24(31-19-9-7-6-8-10-19)21(15-29-22)25(33)30-17(2)3;1-3-5-13-28-25(33)22-16-34-26(31-22)17-11-12-21-19(14-17)23(30-18-9-7-6-8-10-18)20(15-29-21)24(32)27-4-2;;;;/h7-13,15-17H,5-6,14H2,1-4H3,(H,29,35)(H,30,31)(H,33,34);6-12,14-17H,4-5,13H2,1-3H3,(H,28,34)(H,29,31)(H,30,33);6-12,14-16H,3-5,13H2,1-2H3,(H,27,32)(H,28,33)(H,29,30);4*1H4. The van der Waals surface area contributed by atoms with Crippen molar-refractivity contribution in [3.63, 3.8) is 0 Å².